The molecule has 0 spiro atoms. The molecule has 1 amide bonds. The van der Waals surface area contributed by atoms with E-state index in [1.165, 1.54) is 12.1 Å². The molecule has 21 heavy (non-hydrogen) atoms. The first kappa shape index (κ1) is 15.0. The third kappa shape index (κ3) is 3.58. The molecule has 6 heteroatoms. The van der Waals surface area contributed by atoms with E-state index in [0.29, 0.717) is 10.6 Å². The van der Waals surface area contributed by atoms with E-state index >= 15 is 0 Å². The summed E-state index contributed by atoms with van der Waals surface area (Å²) in [5.41, 5.74) is 0.839. The molecular formula is C15H11ClFNO3. The Hall–Kier alpha value is -2.40. The van der Waals surface area contributed by atoms with Crippen molar-refractivity contribution in [3.63, 3.8) is 0 Å². The van der Waals surface area contributed by atoms with Gasteiger partial charge in [-0.05, 0) is 48.9 Å². The summed E-state index contributed by atoms with van der Waals surface area (Å²) < 4.78 is 13.3. The number of carbonyl (C=O) groups excluding carboxylic acids is 1. The quantitative estimate of drug-likeness (QED) is 0.907. The smallest absolute Gasteiger partial charge is 0.338 e. The Bertz CT molecular complexity index is 711. The van der Waals surface area contributed by atoms with E-state index in [4.69, 9.17) is 16.7 Å². The number of aryl methyl sites for hydroxylation is 1. The second-order valence-corrected chi connectivity index (χ2v) is 4.91. The maximum Gasteiger partial charge on any atom is 0.338 e. The van der Waals surface area contributed by atoms with Gasteiger partial charge in [-0.2, -0.15) is 0 Å². The third-order valence-electron chi connectivity index (χ3n) is 2.76. The average Bonchev–Trinajstić information content (AvgIpc) is 2.39. The summed E-state index contributed by atoms with van der Waals surface area (Å²) in [4.78, 5) is 22.9. The molecule has 0 aliphatic rings. The lowest BCUT2D eigenvalue weighted by Gasteiger charge is -2.08. The van der Waals surface area contributed by atoms with Gasteiger partial charge in [0.1, 0.15) is 5.82 Å². The number of nitrogens with one attached hydrogen (secondary N) is 1. The summed E-state index contributed by atoms with van der Waals surface area (Å²) in [6.45, 7) is 1.79. The average molecular weight is 308 g/mol. The lowest BCUT2D eigenvalue weighted by molar-refractivity contribution is 0.0691. The van der Waals surface area contributed by atoms with Gasteiger partial charge in [0.25, 0.3) is 5.91 Å². The van der Waals surface area contributed by atoms with Crippen molar-refractivity contribution < 1.29 is 19.1 Å². The van der Waals surface area contributed by atoms with Crippen molar-refractivity contribution in [2.45, 2.75) is 6.92 Å². The first-order valence-corrected chi connectivity index (χ1v) is 6.36. The topological polar surface area (TPSA) is 66.4 Å². The Morgan fingerprint density at radius 2 is 1.90 bits per heavy atom. The Morgan fingerprint density at radius 1 is 1.19 bits per heavy atom. The maximum absolute atomic E-state index is 13.3. The van der Waals surface area contributed by atoms with Gasteiger partial charge in [0.15, 0.2) is 0 Å². The minimum absolute atomic E-state index is 0.191. The molecule has 0 heterocycles. The van der Waals surface area contributed by atoms with Gasteiger partial charge in [0, 0.05) is 16.3 Å². The zero-order valence-electron chi connectivity index (χ0n) is 11.0. The SMILES string of the molecule is Cc1cc(Cl)cc(C(=O)Nc2ccc(F)c(C(=O)O)c2)c1. The number of hydrogen-bond acceptors (Lipinski definition) is 2. The molecule has 0 bridgehead atoms. The summed E-state index contributed by atoms with van der Waals surface area (Å²) in [6.07, 6.45) is 0. The van der Waals surface area contributed by atoms with Crippen molar-refractivity contribution >= 4 is 29.2 Å². The summed E-state index contributed by atoms with van der Waals surface area (Å²) >= 11 is 5.88. The van der Waals surface area contributed by atoms with Crippen LogP contribution in [0.15, 0.2) is 36.4 Å². The van der Waals surface area contributed by atoms with Gasteiger partial charge in [-0.15, -0.1) is 0 Å². The number of rotatable bonds is 3. The van der Waals surface area contributed by atoms with E-state index in [9.17, 15) is 14.0 Å². The van der Waals surface area contributed by atoms with Crippen LogP contribution in [0.2, 0.25) is 5.02 Å². The molecule has 2 aromatic rings. The summed E-state index contributed by atoms with van der Waals surface area (Å²) in [5, 5.41) is 11.8. The van der Waals surface area contributed by atoms with Crippen molar-refractivity contribution in [2.24, 2.45) is 0 Å². The van der Waals surface area contributed by atoms with E-state index in [-0.39, 0.29) is 5.69 Å². The summed E-state index contributed by atoms with van der Waals surface area (Å²) in [5.74, 6) is -2.72. The van der Waals surface area contributed by atoms with Crippen LogP contribution in [0.4, 0.5) is 10.1 Å². The van der Waals surface area contributed by atoms with Crippen molar-refractivity contribution in [2.75, 3.05) is 5.32 Å². The zero-order valence-corrected chi connectivity index (χ0v) is 11.7. The highest BCUT2D eigenvalue weighted by atomic mass is 35.5. The number of benzene rings is 2. The molecule has 0 aliphatic carbocycles. The van der Waals surface area contributed by atoms with Crippen molar-refractivity contribution in [3.05, 3.63) is 63.9 Å². The van der Waals surface area contributed by atoms with E-state index in [1.807, 2.05) is 0 Å². The highest BCUT2D eigenvalue weighted by Gasteiger charge is 2.13. The molecule has 108 valence electrons. The number of hydrogen-bond donors (Lipinski definition) is 2. The molecule has 0 unspecified atom stereocenters. The Morgan fingerprint density at radius 3 is 2.52 bits per heavy atom. The second kappa shape index (κ2) is 5.93. The van der Waals surface area contributed by atoms with Gasteiger partial charge in [-0.1, -0.05) is 11.6 Å². The highest BCUT2D eigenvalue weighted by Crippen LogP contribution is 2.18. The van der Waals surface area contributed by atoms with Crippen LogP contribution in [-0.2, 0) is 0 Å². The summed E-state index contributed by atoms with van der Waals surface area (Å²) in [6, 6.07) is 8.18. The molecule has 2 rings (SSSR count). The predicted octanol–water partition coefficient (Wildman–Crippen LogP) is 3.74. The van der Waals surface area contributed by atoms with E-state index in [1.54, 1.807) is 19.1 Å². The van der Waals surface area contributed by atoms with Crippen LogP contribution in [-0.4, -0.2) is 17.0 Å². The number of carbonyl (C=O) groups is 2. The van der Waals surface area contributed by atoms with E-state index in [2.05, 4.69) is 5.32 Å². The Balaban J connectivity index is 2.27. The minimum atomic E-state index is -1.40. The fourth-order valence-corrected chi connectivity index (χ4v) is 2.13. The van der Waals surface area contributed by atoms with Gasteiger partial charge < -0.3 is 10.4 Å². The van der Waals surface area contributed by atoms with E-state index in [0.717, 1.165) is 17.7 Å². The van der Waals surface area contributed by atoms with Crippen molar-refractivity contribution in [1.29, 1.82) is 0 Å². The van der Waals surface area contributed by atoms with Gasteiger partial charge in [-0.25, -0.2) is 9.18 Å². The van der Waals surface area contributed by atoms with Crippen LogP contribution in [0.5, 0.6) is 0 Å². The number of carboxylic acid groups (broad SMARTS) is 1. The van der Waals surface area contributed by atoms with Crippen molar-refractivity contribution in [1.82, 2.24) is 0 Å². The molecule has 2 N–H and O–H groups in total. The molecule has 0 saturated carbocycles. The highest BCUT2D eigenvalue weighted by molar-refractivity contribution is 6.31. The fourth-order valence-electron chi connectivity index (χ4n) is 1.84. The van der Waals surface area contributed by atoms with Crippen LogP contribution in [0.1, 0.15) is 26.3 Å². The molecule has 0 aliphatic heterocycles. The molecule has 0 radical (unpaired) electrons. The molecule has 0 aromatic heterocycles. The van der Waals surface area contributed by atoms with E-state index < -0.39 is 23.3 Å². The first-order valence-electron chi connectivity index (χ1n) is 5.98. The maximum atomic E-state index is 13.3. The minimum Gasteiger partial charge on any atom is -0.478 e. The first-order chi connectivity index (χ1) is 9.86. The predicted molar refractivity (Wildman–Crippen MR) is 77.5 cm³/mol. The number of amides is 1. The normalized spacial score (nSPS) is 10.2. The zero-order chi connectivity index (χ0) is 15.6. The van der Waals surface area contributed by atoms with Crippen LogP contribution in [0.25, 0.3) is 0 Å². The van der Waals surface area contributed by atoms with Gasteiger partial charge in [-0.3, -0.25) is 4.79 Å². The number of anilines is 1. The molecule has 0 atom stereocenters. The van der Waals surface area contributed by atoms with Crippen LogP contribution >= 0.6 is 11.6 Å². The van der Waals surface area contributed by atoms with Crippen LogP contribution < -0.4 is 5.32 Å². The second-order valence-electron chi connectivity index (χ2n) is 4.47. The monoisotopic (exact) mass is 307 g/mol. The third-order valence-corrected chi connectivity index (χ3v) is 2.98. The molecule has 0 saturated heterocycles. The van der Waals surface area contributed by atoms with Crippen LogP contribution in [0.3, 0.4) is 0 Å². The number of halogens is 2. The Labute approximate surface area is 125 Å². The lowest BCUT2D eigenvalue weighted by Crippen LogP contribution is -2.13. The summed E-state index contributed by atoms with van der Waals surface area (Å²) in [7, 11) is 0. The van der Waals surface area contributed by atoms with Crippen LogP contribution in [0, 0.1) is 12.7 Å². The molecule has 2 aromatic carbocycles. The molecule has 0 fully saturated rings. The van der Waals surface area contributed by atoms with Crippen molar-refractivity contribution in [3.8, 4) is 0 Å². The van der Waals surface area contributed by atoms with Gasteiger partial charge in [0.05, 0.1) is 5.56 Å². The van der Waals surface area contributed by atoms with Gasteiger partial charge >= 0.3 is 5.97 Å². The lowest BCUT2D eigenvalue weighted by atomic mass is 10.1. The van der Waals surface area contributed by atoms with Gasteiger partial charge in [0.2, 0.25) is 0 Å². The largest absolute Gasteiger partial charge is 0.478 e. The Kier molecular flexibility index (Phi) is 4.23. The number of carboxylic acids is 1. The molecule has 4 nitrogen and oxygen atoms in total. The number of aromatic carboxylic acids is 1. The fraction of sp³-hybridized carbons (Fsp3) is 0.0667. The standard InChI is InChI=1S/C15H11ClFNO3/c1-8-4-9(6-10(16)5-8)14(19)18-11-2-3-13(17)12(7-11)15(20)21/h2-7H,1H3,(H,18,19)(H,20,21). The molecular weight excluding hydrogens is 297 g/mol.